The summed E-state index contributed by atoms with van der Waals surface area (Å²) < 4.78 is 4.91. The van der Waals surface area contributed by atoms with Crippen LogP contribution in [0.25, 0.3) is 0 Å². The Balaban J connectivity index is 2.53. The van der Waals surface area contributed by atoms with Crippen molar-refractivity contribution < 1.29 is 14.3 Å². The van der Waals surface area contributed by atoms with Gasteiger partial charge < -0.3 is 4.74 Å². The van der Waals surface area contributed by atoms with Crippen LogP contribution in [0.3, 0.4) is 0 Å². The zero-order valence-corrected chi connectivity index (χ0v) is 7.01. The summed E-state index contributed by atoms with van der Waals surface area (Å²) in [6.07, 6.45) is 0.180. The quantitative estimate of drug-likeness (QED) is 0.530. The molecule has 11 heavy (non-hydrogen) atoms. The Labute approximate surface area is 65.7 Å². The van der Waals surface area contributed by atoms with Crippen molar-refractivity contribution in [2.75, 3.05) is 0 Å². The second-order valence-corrected chi connectivity index (χ2v) is 3.45. The van der Waals surface area contributed by atoms with E-state index in [1.807, 2.05) is 0 Å². The van der Waals surface area contributed by atoms with E-state index in [9.17, 15) is 9.59 Å². The van der Waals surface area contributed by atoms with Gasteiger partial charge in [0.05, 0.1) is 5.41 Å². The van der Waals surface area contributed by atoms with Gasteiger partial charge in [0.15, 0.2) is 0 Å². The minimum absolute atomic E-state index is 0.170. The van der Waals surface area contributed by atoms with Crippen LogP contribution in [-0.2, 0) is 14.3 Å². The van der Waals surface area contributed by atoms with Gasteiger partial charge in [0.1, 0.15) is 11.9 Å². The topological polar surface area (TPSA) is 43.4 Å². The Bertz CT molecular complexity index is 205. The summed E-state index contributed by atoms with van der Waals surface area (Å²) in [6, 6.07) is 0. The fourth-order valence-electron chi connectivity index (χ4n) is 1.12. The van der Waals surface area contributed by atoms with Crippen LogP contribution in [0, 0.1) is 5.41 Å². The van der Waals surface area contributed by atoms with Crippen molar-refractivity contribution in [3.8, 4) is 0 Å². The highest BCUT2D eigenvalue weighted by Gasteiger charge is 2.49. The maximum atomic E-state index is 11.0. The molecule has 0 spiro atoms. The van der Waals surface area contributed by atoms with Crippen LogP contribution >= 0.6 is 0 Å². The maximum Gasteiger partial charge on any atom is 0.302 e. The van der Waals surface area contributed by atoms with E-state index in [4.69, 9.17) is 4.74 Å². The molecule has 1 aliphatic rings. The van der Waals surface area contributed by atoms with E-state index in [1.165, 1.54) is 6.92 Å². The van der Waals surface area contributed by atoms with E-state index in [2.05, 4.69) is 0 Å². The Morgan fingerprint density at radius 3 is 2.45 bits per heavy atom. The third kappa shape index (κ3) is 1.27. The lowest BCUT2D eigenvalue weighted by atomic mass is 9.68. The summed E-state index contributed by atoms with van der Waals surface area (Å²) in [7, 11) is 0. The van der Waals surface area contributed by atoms with E-state index in [0.717, 1.165) is 0 Å². The largest absolute Gasteiger partial charge is 0.461 e. The first-order valence-corrected chi connectivity index (χ1v) is 3.65. The second-order valence-electron chi connectivity index (χ2n) is 3.45. The first-order valence-electron chi connectivity index (χ1n) is 3.65. The lowest BCUT2D eigenvalue weighted by molar-refractivity contribution is -0.170. The van der Waals surface area contributed by atoms with Gasteiger partial charge in [0, 0.05) is 13.3 Å². The van der Waals surface area contributed by atoms with E-state index >= 15 is 0 Å². The molecule has 1 fully saturated rings. The molecule has 3 heteroatoms. The molecule has 0 bridgehead atoms. The van der Waals surface area contributed by atoms with Gasteiger partial charge in [-0.25, -0.2) is 0 Å². The molecule has 0 aromatic carbocycles. The number of ketones is 1. The van der Waals surface area contributed by atoms with Crippen molar-refractivity contribution in [3.05, 3.63) is 0 Å². The van der Waals surface area contributed by atoms with Crippen molar-refractivity contribution in [2.24, 2.45) is 5.41 Å². The van der Waals surface area contributed by atoms with E-state index < -0.39 is 5.41 Å². The second kappa shape index (κ2) is 2.32. The molecule has 0 aromatic heterocycles. The molecule has 1 atom stereocenters. The average Bonchev–Trinajstić information content (AvgIpc) is 1.87. The number of hydrogen-bond donors (Lipinski definition) is 0. The number of carbonyl (C=O) groups excluding carboxylic acids is 2. The van der Waals surface area contributed by atoms with Crippen LogP contribution in [0.15, 0.2) is 0 Å². The number of carbonyl (C=O) groups is 2. The number of ether oxygens (including phenoxy) is 1. The normalized spacial score (nSPS) is 27.5. The number of rotatable bonds is 1. The molecular weight excluding hydrogens is 144 g/mol. The van der Waals surface area contributed by atoms with Gasteiger partial charge in [-0.05, 0) is 13.8 Å². The molecule has 0 radical (unpaired) electrons. The maximum absolute atomic E-state index is 11.0. The Hall–Kier alpha value is -0.860. The fraction of sp³-hybridized carbons (Fsp3) is 0.750. The molecule has 0 heterocycles. The summed E-state index contributed by atoms with van der Waals surface area (Å²) >= 11 is 0. The van der Waals surface area contributed by atoms with Crippen molar-refractivity contribution in [1.82, 2.24) is 0 Å². The summed E-state index contributed by atoms with van der Waals surface area (Å²) in [5.41, 5.74) is -0.453. The molecule has 0 amide bonds. The molecule has 3 nitrogen and oxygen atoms in total. The lowest BCUT2D eigenvalue weighted by Crippen LogP contribution is -2.51. The third-order valence-electron chi connectivity index (χ3n) is 2.20. The molecule has 1 unspecified atom stereocenters. The molecule has 1 saturated carbocycles. The Morgan fingerprint density at radius 2 is 2.18 bits per heavy atom. The molecule has 1 rings (SSSR count). The van der Waals surface area contributed by atoms with E-state index in [1.54, 1.807) is 13.8 Å². The highest BCUT2D eigenvalue weighted by molar-refractivity contribution is 5.92. The van der Waals surface area contributed by atoms with Crippen LogP contribution in [0.4, 0.5) is 0 Å². The van der Waals surface area contributed by atoms with Gasteiger partial charge >= 0.3 is 5.97 Å². The van der Waals surface area contributed by atoms with Crippen molar-refractivity contribution in [3.63, 3.8) is 0 Å². The van der Waals surface area contributed by atoms with Gasteiger partial charge in [-0.3, -0.25) is 9.59 Å². The standard InChI is InChI=1S/C8H12O3/c1-5(9)11-7-4-6(10)8(7,2)3/h7H,4H2,1-3H3. The average molecular weight is 156 g/mol. The first-order chi connectivity index (χ1) is 4.94. The third-order valence-corrected chi connectivity index (χ3v) is 2.20. The number of esters is 1. The smallest absolute Gasteiger partial charge is 0.302 e. The highest BCUT2D eigenvalue weighted by atomic mass is 16.5. The summed E-state index contributed by atoms with van der Waals surface area (Å²) in [4.78, 5) is 21.5. The van der Waals surface area contributed by atoms with E-state index in [-0.39, 0.29) is 17.9 Å². The van der Waals surface area contributed by atoms with Crippen LogP contribution in [0.1, 0.15) is 27.2 Å². The molecule has 0 saturated heterocycles. The molecule has 1 aliphatic carbocycles. The van der Waals surface area contributed by atoms with Crippen LogP contribution in [0.2, 0.25) is 0 Å². The summed E-state index contributed by atoms with van der Waals surface area (Å²) in [6.45, 7) is 4.96. The van der Waals surface area contributed by atoms with E-state index in [0.29, 0.717) is 6.42 Å². The lowest BCUT2D eigenvalue weighted by Gasteiger charge is -2.40. The van der Waals surface area contributed by atoms with Crippen LogP contribution in [0.5, 0.6) is 0 Å². The fourth-order valence-corrected chi connectivity index (χ4v) is 1.12. The van der Waals surface area contributed by atoms with Crippen molar-refractivity contribution in [2.45, 2.75) is 33.3 Å². The SMILES string of the molecule is CC(=O)OC1CC(=O)C1(C)C. The molecular formula is C8H12O3. The minimum atomic E-state index is -0.453. The van der Waals surface area contributed by atoms with Gasteiger partial charge in [0.2, 0.25) is 0 Å². The summed E-state index contributed by atoms with van der Waals surface area (Å²) in [5, 5.41) is 0. The van der Waals surface area contributed by atoms with Gasteiger partial charge in [-0.15, -0.1) is 0 Å². The number of hydrogen-bond acceptors (Lipinski definition) is 3. The van der Waals surface area contributed by atoms with Crippen molar-refractivity contribution in [1.29, 1.82) is 0 Å². The predicted molar refractivity (Wildman–Crippen MR) is 39.0 cm³/mol. The minimum Gasteiger partial charge on any atom is -0.461 e. The van der Waals surface area contributed by atoms with Gasteiger partial charge in [0.25, 0.3) is 0 Å². The van der Waals surface area contributed by atoms with Crippen LogP contribution < -0.4 is 0 Å². The number of Topliss-reactive ketones (excluding diaryl/α,β-unsaturated/α-hetero) is 1. The molecule has 62 valence electrons. The van der Waals surface area contributed by atoms with Gasteiger partial charge in [-0.2, -0.15) is 0 Å². The summed E-state index contributed by atoms with van der Waals surface area (Å²) in [5.74, 6) is -0.140. The Morgan fingerprint density at radius 1 is 1.64 bits per heavy atom. The zero-order chi connectivity index (χ0) is 8.65. The molecule has 0 aromatic rings. The molecule has 0 N–H and O–H groups in total. The molecule has 0 aliphatic heterocycles. The van der Waals surface area contributed by atoms with Gasteiger partial charge in [-0.1, -0.05) is 0 Å². The monoisotopic (exact) mass is 156 g/mol. The van der Waals surface area contributed by atoms with Crippen LogP contribution in [-0.4, -0.2) is 17.9 Å². The first kappa shape index (κ1) is 8.24. The predicted octanol–water partition coefficient (Wildman–Crippen LogP) is 0.917. The Kier molecular flexibility index (Phi) is 1.74. The highest BCUT2D eigenvalue weighted by Crippen LogP contribution is 2.38. The zero-order valence-electron chi connectivity index (χ0n) is 7.01. The van der Waals surface area contributed by atoms with Crippen molar-refractivity contribution >= 4 is 11.8 Å².